The van der Waals surface area contributed by atoms with E-state index < -0.39 is 22.1 Å². The van der Waals surface area contributed by atoms with Gasteiger partial charge in [-0.25, -0.2) is 9.97 Å². The summed E-state index contributed by atoms with van der Waals surface area (Å²) in [6.45, 7) is 0. The van der Waals surface area contributed by atoms with Gasteiger partial charge in [0.1, 0.15) is 35.7 Å². The van der Waals surface area contributed by atoms with Crippen LogP contribution in [0, 0.1) is 20.2 Å². The third-order valence-corrected chi connectivity index (χ3v) is 5.58. The van der Waals surface area contributed by atoms with Crippen molar-refractivity contribution in [3.63, 3.8) is 0 Å². The molecule has 12 heteroatoms. The molecule has 12 nitrogen and oxygen atoms in total. The first kappa shape index (κ1) is 23.6. The van der Waals surface area contributed by atoms with Crippen molar-refractivity contribution in [1.29, 1.82) is 0 Å². The van der Waals surface area contributed by atoms with Gasteiger partial charge in [0.25, 0.3) is 11.4 Å². The van der Waals surface area contributed by atoms with Gasteiger partial charge >= 0.3 is 0 Å². The summed E-state index contributed by atoms with van der Waals surface area (Å²) in [7, 11) is 0. The molecule has 5 rings (SSSR count). The zero-order valence-corrected chi connectivity index (χ0v) is 19.0. The van der Waals surface area contributed by atoms with Crippen LogP contribution in [-0.4, -0.2) is 24.9 Å². The molecule has 2 atom stereocenters. The summed E-state index contributed by atoms with van der Waals surface area (Å²) in [6, 6.07) is 17.4. The van der Waals surface area contributed by atoms with Crippen LogP contribution in [-0.2, 0) is 0 Å². The minimum absolute atomic E-state index is 0.137. The summed E-state index contributed by atoms with van der Waals surface area (Å²) in [5, 5.41) is 32.4. The first-order chi connectivity index (χ1) is 17.9. The number of fused-ring (bicyclic) bond motifs is 1. The maximum absolute atomic E-state index is 10.8. The Morgan fingerprint density at radius 1 is 0.838 bits per heavy atom. The highest BCUT2D eigenvalue weighted by atomic mass is 16.6. The number of pyridine rings is 2. The molecule has 1 N–H and O–H groups in total. The molecular weight excluding hydrogens is 484 g/mol. The first-order valence-corrected chi connectivity index (χ1v) is 11.0. The largest absolute Gasteiger partial charge is 0.485 e. The van der Waals surface area contributed by atoms with Crippen molar-refractivity contribution in [3.8, 4) is 29.0 Å². The van der Waals surface area contributed by atoms with Crippen molar-refractivity contribution >= 4 is 11.4 Å². The van der Waals surface area contributed by atoms with Crippen molar-refractivity contribution in [2.75, 3.05) is 0 Å². The Morgan fingerprint density at radius 3 is 2.03 bits per heavy atom. The lowest BCUT2D eigenvalue weighted by molar-refractivity contribution is -0.385. The second kappa shape index (κ2) is 9.87. The predicted octanol–water partition coefficient (Wildman–Crippen LogP) is 5.43. The standard InChI is InChI=1S/C25H18N4O8/c30-21-12-23(15-2-1-3-18(10-15)35-24-8-4-16(13-26-24)28(31)32)37-22-7-6-19(11-20(21)22)36-25-9-5-17(14-27-25)29(33)34/h1-11,13-14,21,23,30H,12H2. The van der Waals surface area contributed by atoms with Gasteiger partial charge in [0.2, 0.25) is 11.8 Å². The zero-order chi connectivity index (χ0) is 25.9. The molecule has 0 saturated heterocycles. The Labute approximate surface area is 209 Å². The highest BCUT2D eigenvalue weighted by Gasteiger charge is 2.29. The molecular formula is C25H18N4O8. The third kappa shape index (κ3) is 5.28. The number of ether oxygens (including phenoxy) is 3. The van der Waals surface area contributed by atoms with Crippen molar-refractivity contribution in [3.05, 3.63) is 110 Å². The summed E-state index contributed by atoms with van der Waals surface area (Å²) in [5.41, 5.74) is 1.02. The molecule has 0 aliphatic carbocycles. The Bertz CT molecular complexity index is 1460. The highest BCUT2D eigenvalue weighted by Crippen LogP contribution is 2.43. The quantitative estimate of drug-likeness (QED) is 0.255. The lowest BCUT2D eigenvalue weighted by Crippen LogP contribution is -2.19. The number of aliphatic hydroxyl groups is 1. The number of hydrogen-bond acceptors (Lipinski definition) is 10. The summed E-state index contributed by atoms with van der Waals surface area (Å²) < 4.78 is 17.5. The van der Waals surface area contributed by atoms with E-state index in [0.717, 1.165) is 18.0 Å². The van der Waals surface area contributed by atoms with Crippen LogP contribution in [0.2, 0.25) is 0 Å². The van der Waals surface area contributed by atoms with Crippen molar-refractivity contribution < 1.29 is 29.2 Å². The molecule has 1 aliphatic rings. The topological polar surface area (TPSA) is 160 Å². The number of aromatic nitrogens is 2. The van der Waals surface area contributed by atoms with Gasteiger partial charge in [0, 0.05) is 36.2 Å². The van der Waals surface area contributed by atoms with Crippen LogP contribution in [0.25, 0.3) is 0 Å². The van der Waals surface area contributed by atoms with Gasteiger partial charge in [-0.15, -0.1) is 0 Å². The van der Waals surface area contributed by atoms with Crippen molar-refractivity contribution in [2.45, 2.75) is 18.6 Å². The van der Waals surface area contributed by atoms with Gasteiger partial charge in [0.05, 0.1) is 16.0 Å². The summed E-state index contributed by atoms with van der Waals surface area (Å²) >= 11 is 0. The van der Waals surface area contributed by atoms with Crippen LogP contribution in [0.1, 0.15) is 29.8 Å². The minimum Gasteiger partial charge on any atom is -0.485 e. The van der Waals surface area contributed by atoms with Crippen LogP contribution in [0.15, 0.2) is 79.1 Å². The van der Waals surface area contributed by atoms with E-state index in [0.29, 0.717) is 22.8 Å². The minimum atomic E-state index is -0.844. The van der Waals surface area contributed by atoms with Crippen LogP contribution in [0.3, 0.4) is 0 Å². The summed E-state index contributed by atoms with van der Waals surface area (Å²) in [6.07, 6.45) is 1.19. The van der Waals surface area contributed by atoms with E-state index in [9.17, 15) is 25.3 Å². The van der Waals surface area contributed by atoms with Gasteiger partial charge in [-0.1, -0.05) is 12.1 Å². The van der Waals surface area contributed by atoms with E-state index in [1.807, 2.05) is 6.07 Å². The molecule has 3 heterocycles. The second-order valence-electron chi connectivity index (χ2n) is 8.06. The van der Waals surface area contributed by atoms with Gasteiger partial charge in [-0.05, 0) is 35.9 Å². The first-order valence-electron chi connectivity index (χ1n) is 11.0. The SMILES string of the molecule is O=[N+]([O-])c1ccc(Oc2cccc(C3CC(O)c4cc(Oc5ccc([N+](=O)[O-])cn5)ccc4O3)c2)nc1. The van der Waals surface area contributed by atoms with Gasteiger partial charge < -0.3 is 19.3 Å². The van der Waals surface area contributed by atoms with Crippen LogP contribution < -0.4 is 14.2 Å². The second-order valence-corrected chi connectivity index (χ2v) is 8.06. The highest BCUT2D eigenvalue weighted by molar-refractivity contribution is 5.45. The lowest BCUT2D eigenvalue weighted by atomic mass is 9.95. The molecule has 2 aromatic heterocycles. The Balaban J connectivity index is 1.29. The lowest BCUT2D eigenvalue weighted by Gasteiger charge is -2.30. The molecule has 186 valence electrons. The number of nitro groups is 2. The maximum atomic E-state index is 10.8. The molecule has 2 aromatic carbocycles. The van der Waals surface area contributed by atoms with Gasteiger partial charge in [-0.3, -0.25) is 20.2 Å². The number of nitrogens with zero attached hydrogens (tertiary/aromatic N) is 4. The summed E-state index contributed by atoms with van der Waals surface area (Å²) in [4.78, 5) is 28.4. The normalized spacial score (nSPS) is 16.2. The van der Waals surface area contributed by atoms with Crippen molar-refractivity contribution in [1.82, 2.24) is 9.97 Å². The molecule has 0 amide bonds. The van der Waals surface area contributed by atoms with Crippen LogP contribution >= 0.6 is 0 Å². The Morgan fingerprint density at radius 2 is 1.46 bits per heavy atom. The van der Waals surface area contributed by atoms with E-state index in [-0.39, 0.29) is 29.6 Å². The van der Waals surface area contributed by atoms with E-state index in [2.05, 4.69) is 9.97 Å². The Kier molecular flexibility index (Phi) is 6.31. The molecule has 37 heavy (non-hydrogen) atoms. The summed E-state index contributed by atoms with van der Waals surface area (Å²) in [5.74, 6) is 1.71. The van der Waals surface area contributed by atoms with E-state index >= 15 is 0 Å². The maximum Gasteiger partial charge on any atom is 0.287 e. The number of rotatable bonds is 7. The van der Waals surface area contributed by atoms with E-state index in [1.54, 1.807) is 36.4 Å². The Hall–Kier alpha value is -5.10. The van der Waals surface area contributed by atoms with E-state index in [1.165, 1.54) is 24.3 Å². The fourth-order valence-corrected chi connectivity index (χ4v) is 3.79. The fraction of sp³-hybridized carbons (Fsp3) is 0.120. The molecule has 0 radical (unpaired) electrons. The number of benzene rings is 2. The van der Waals surface area contributed by atoms with Gasteiger partial charge in [-0.2, -0.15) is 0 Å². The molecule has 0 saturated carbocycles. The number of aliphatic hydroxyl groups excluding tert-OH is 1. The molecule has 0 fully saturated rings. The van der Waals surface area contributed by atoms with Crippen LogP contribution in [0.4, 0.5) is 11.4 Å². The third-order valence-electron chi connectivity index (χ3n) is 5.58. The average Bonchev–Trinajstić information content (AvgIpc) is 2.90. The van der Waals surface area contributed by atoms with Crippen molar-refractivity contribution in [2.24, 2.45) is 0 Å². The van der Waals surface area contributed by atoms with Gasteiger partial charge in [0.15, 0.2) is 0 Å². The van der Waals surface area contributed by atoms with E-state index in [4.69, 9.17) is 14.2 Å². The molecule has 2 unspecified atom stereocenters. The molecule has 0 bridgehead atoms. The zero-order valence-electron chi connectivity index (χ0n) is 19.0. The fourth-order valence-electron chi connectivity index (χ4n) is 3.79. The van der Waals surface area contributed by atoms with Crippen LogP contribution in [0.5, 0.6) is 29.0 Å². The number of hydrogen-bond donors (Lipinski definition) is 1. The smallest absolute Gasteiger partial charge is 0.287 e. The predicted molar refractivity (Wildman–Crippen MR) is 128 cm³/mol. The average molecular weight is 502 g/mol. The molecule has 0 spiro atoms. The molecule has 4 aromatic rings. The monoisotopic (exact) mass is 502 g/mol. The molecule has 1 aliphatic heterocycles.